The molecule has 0 saturated carbocycles. The number of halogens is 2. The van der Waals surface area contributed by atoms with Crippen LogP contribution >= 0.6 is 27.3 Å². The van der Waals surface area contributed by atoms with Crippen molar-refractivity contribution in [2.75, 3.05) is 11.9 Å². The average molecular weight is 397 g/mol. The molecule has 0 bridgehead atoms. The number of rotatable bonds is 3. The van der Waals surface area contributed by atoms with Crippen LogP contribution in [0.5, 0.6) is 0 Å². The molecule has 1 aromatic carbocycles. The van der Waals surface area contributed by atoms with Crippen molar-refractivity contribution in [2.24, 2.45) is 0 Å². The number of benzene rings is 1. The zero-order valence-corrected chi connectivity index (χ0v) is 14.5. The number of hydrogen-bond donors (Lipinski definition) is 1. The van der Waals surface area contributed by atoms with Gasteiger partial charge in [-0.05, 0) is 42.5 Å². The molecule has 1 aliphatic rings. The molecule has 2 amide bonds. The minimum absolute atomic E-state index is 0.119. The molecular formula is C16H14BrFN2O2S. The van der Waals surface area contributed by atoms with E-state index in [0.717, 1.165) is 6.42 Å². The Morgan fingerprint density at radius 1 is 1.35 bits per heavy atom. The molecule has 120 valence electrons. The summed E-state index contributed by atoms with van der Waals surface area (Å²) in [5.41, 5.74) is 0.119. The molecule has 0 spiro atoms. The fraction of sp³-hybridized carbons (Fsp3) is 0.250. The van der Waals surface area contributed by atoms with E-state index in [1.165, 1.54) is 23.5 Å². The van der Waals surface area contributed by atoms with Gasteiger partial charge in [0.2, 0.25) is 5.91 Å². The molecule has 2 heterocycles. The van der Waals surface area contributed by atoms with Gasteiger partial charge >= 0.3 is 0 Å². The monoisotopic (exact) mass is 396 g/mol. The average Bonchev–Trinajstić information content (AvgIpc) is 3.20. The normalized spacial score (nSPS) is 17.3. The van der Waals surface area contributed by atoms with E-state index in [9.17, 15) is 14.0 Å². The van der Waals surface area contributed by atoms with Crippen molar-refractivity contribution in [3.05, 3.63) is 50.9 Å². The predicted molar refractivity (Wildman–Crippen MR) is 91.1 cm³/mol. The smallest absolute Gasteiger partial charge is 0.264 e. The summed E-state index contributed by atoms with van der Waals surface area (Å²) in [4.78, 5) is 27.1. The highest BCUT2D eigenvalue weighted by Gasteiger charge is 2.35. The molecule has 7 heteroatoms. The first-order valence-electron chi connectivity index (χ1n) is 7.16. The molecule has 1 aliphatic heterocycles. The van der Waals surface area contributed by atoms with Crippen LogP contribution in [-0.2, 0) is 4.79 Å². The predicted octanol–water partition coefficient (Wildman–Crippen LogP) is 3.89. The summed E-state index contributed by atoms with van der Waals surface area (Å²) in [6, 6.07) is 7.43. The van der Waals surface area contributed by atoms with Gasteiger partial charge in [-0.15, -0.1) is 11.3 Å². The lowest BCUT2D eigenvalue weighted by Gasteiger charge is -2.23. The fourth-order valence-corrected chi connectivity index (χ4v) is 3.64. The highest BCUT2D eigenvalue weighted by molar-refractivity contribution is 9.10. The van der Waals surface area contributed by atoms with Gasteiger partial charge in [-0.25, -0.2) is 4.39 Å². The number of anilines is 1. The number of carbonyl (C=O) groups is 2. The molecule has 4 nitrogen and oxygen atoms in total. The third-order valence-corrected chi connectivity index (χ3v) is 5.09. The summed E-state index contributed by atoms with van der Waals surface area (Å²) in [5, 5.41) is 4.41. The van der Waals surface area contributed by atoms with Gasteiger partial charge in [0.25, 0.3) is 5.91 Å². The van der Waals surface area contributed by atoms with Gasteiger partial charge in [0.05, 0.1) is 10.6 Å². The van der Waals surface area contributed by atoms with E-state index in [1.54, 1.807) is 23.1 Å². The third-order valence-electron chi connectivity index (χ3n) is 3.74. The van der Waals surface area contributed by atoms with Gasteiger partial charge in [0, 0.05) is 11.0 Å². The van der Waals surface area contributed by atoms with Crippen LogP contribution in [0, 0.1) is 5.82 Å². The topological polar surface area (TPSA) is 49.4 Å². The van der Waals surface area contributed by atoms with Crippen LogP contribution in [0.15, 0.2) is 40.2 Å². The van der Waals surface area contributed by atoms with Crippen molar-refractivity contribution in [1.29, 1.82) is 0 Å². The van der Waals surface area contributed by atoms with E-state index in [0.29, 0.717) is 22.3 Å². The van der Waals surface area contributed by atoms with Crippen molar-refractivity contribution in [3.63, 3.8) is 0 Å². The highest BCUT2D eigenvalue weighted by atomic mass is 79.9. The Morgan fingerprint density at radius 3 is 2.87 bits per heavy atom. The Kier molecular flexibility index (Phi) is 4.77. The first-order valence-corrected chi connectivity index (χ1v) is 8.84. The number of hydrogen-bond acceptors (Lipinski definition) is 3. The van der Waals surface area contributed by atoms with Gasteiger partial charge in [0.1, 0.15) is 11.9 Å². The Bertz CT molecular complexity index is 736. The quantitative estimate of drug-likeness (QED) is 0.855. The number of likely N-dealkylation sites (tertiary alicyclic amines) is 1. The third kappa shape index (κ3) is 3.45. The molecule has 23 heavy (non-hydrogen) atoms. The minimum Gasteiger partial charge on any atom is -0.326 e. The Labute approximate surface area is 145 Å². The van der Waals surface area contributed by atoms with Crippen molar-refractivity contribution in [3.8, 4) is 0 Å². The van der Waals surface area contributed by atoms with Crippen molar-refractivity contribution < 1.29 is 14.0 Å². The standard InChI is InChI=1S/C16H14BrFN2O2S/c17-10-5-6-12(11(18)9-10)19-15(21)13-3-1-7-20(13)16(22)14-4-2-8-23-14/h2,4-6,8-9,13H,1,3,7H2,(H,19,21). The molecule has 0 radical (unpaired) electrons. The zero-order valence-electron chi connectivity index (χ0n) is 12.1. The second-order valence-electron chi connectivity index (χ2n) is 5.25. The van der Waals surface area contributed by atoms with Crippen LogP contribution in [0.4, 0.5) is 10.1 Å². The number of nitrogens with one attached hydrogen (secondary N) is 1. The van der Waals surface area contributed by atoms with Crippen LogP contribution in [0.3, 0.4) is 0 Å². The van der Waals surface area contributed by atoms with E-state index in [-0.39, 0.29) is 17.5 Å². The first-order chi connectivity index (χ1) is 11.1. The number of nitrogens with zero attached hydrogens (tertiary/aromatic N) is 1. The highest BCUT2D eigenvalue weighted by Crippen LogP contribution is 2.25. The SMILES string of the molecule is O=C(Nc1ccc(Br)cc1F)C1CCCN1C(=O)c1cccs1. The van der Waals surface area contributed by atoms with Crippen molar-refractivity contribution in [1.82, 2.24) is 4.90 Å². The van der Waals surface area contributed by atoms with Crippen LogP contribution in [-0.4, -0.2) is 29.3 Å². The maximum Gasteiger partial charge on any atom is 0.264 e. The maximum absolute atomic E-state index is 13.9. The van der Waals surface area contributed by atoms with Crippen LogP contribution in [0.1, 0.15) is 22.5 Å². The van der Waals surface area contributed by atoms with Crippen LogP contribution < -0.4 is 5.32 Å². The second-order valence-corrected chi connectivity index (χ2v) is 7.11. The van der Waals surface area contributed by atoms with Crippen LogP contribution in [0.2, 0.25) is 0 Å². The summed E-state index contributed by atoms with van der Waals surface area (Å²) in [5.74, 6) is -1.01. The van der Waals surface area contributed by atoms with Gasteiger partial charge < -0.3 is 10.2 Å². The van der Waals surface area contributed by atoms with Gasteiger partial charge in [-0.2, -0.15) is 0 Å². The molecule has 1 fully saturated rings. The first kappa shape index (κ1) is 16.1. The van der Waals surface area contributed by atoms with Gasteiger partial charge in [-0.3, -0.25) is 9.59 Å². The lowest BCUT2D eigenvalue weighted by Crippen LogP contribution is -2.43. The summed E-state index contributed by atoms with van der Waals surface area (Å²) in [7, 11) is 0. The second kappa shape index (κ2) is 6.80. The van der Waals surface area contributed by atoms with E-state index >= 15 is 0 Å². The Balaban J connectivity index is 1.74. The number of carbonyl (C=O) groups excluding carboxylic acids is 2. The summed E-state index contributed by atoms with van der Waals surface area (Å²) in [6.45, 7) is 0.539. The fourth-order valence-electron chi connectivity index (χ4n) is 2.63. The lowest BCUT2D eigenvalue weighted by atomic mass is 10.2. The van der Waals surface area contributed by atoms with Gasteiger partial charge in [0.15, 0.2) is 0 Å². The molecule has 3 rings (SSSR count). The Hall–Kier alpha value is -1.73. The van der Waals surface area contributed by atoms with E-state index in [1.807, 2.05) is 5.38 Å². The molecule has 0 aliphatic carbocycles. The molecule has 1 aromatic heterocycles. The molecule has 1 atom stereocenters. The lowest BCUT2D eigenvalue weighted by molar-refractivity contribution is -0.119. The maximum atomic E-state index is 13.9. The molecule has 1 N–H and O–H groups in total. The minimum atomic E-state index is -0.562. The zero-order chi connectivity index (χ0) is 16.4. The molecular weight excluding hydrogens is 383 g/mol. The number of thiophene rings is 1. The van der Waals surface area contributed by atoms with Gasteiger partial charge in [-0.1, -0.05) is 22.0 Å². The summed E-state index contributed by atoms with van der Waals surface area (Å²) >= 11 is 4.53. The summed E-state index contributed by atoms with van der Waals surface area (Å²) < 4.78 is 14.5. The van der Waals surface area contributed by atoms with E-state index < -0.39 is 11.9 Å². The number of amides is 2. The van der Waals surface area contributed by atoms with Crippen molar-refractivity contribution in [2.45, 2.75) is 18.9 Å². The van der Waals surface area contributed by atoms with E-state index in [4.69, 9.17) is 0 Å². The molecule has 1 unspecified atom stereocenters. The largest absolute Gasteiger partial charge is 0.326 e. The summed E-state index contributed by atoms with van der Waals surface area (Å²) in [6.07, 6.45) is 1.35. The molecule has 2 aromatic rings. The van der Waals surface area contributed by atoms with Crippen molar-refractivity contribution >= 4 is 44.8 Å². The van der Waals surface area contributed by atoms with Crippen LogP contribution in [0.25, 0.3) is 0 Å². The van der Waals surface area contributed by atoms with E-state index in [2.05, 4.69) is 21.2 Å². The Morgan fingerprint density at radius 2 is 2.17 bits per heavy atom. The molecule has 1 saturated heterocycles.